The molecule has 0 aromatic carbocycles. The fraction of sp³-hybridized carbons (Fsp3) is 0. The number of hydrogen-bond donors (Lipinski definition) is 2. The summed E-state index contributed by atoms with van der Waals surface area (Å²) < 4.78 is 0. The molecule has 0 spiro atoms. The Labute approximate surface area is 50.3 Å². The minimum absolute atomic E-state index is 0. The molecule has 2 N–H and O–H groups in total. The van der Waals surface area contributed by atoms with Crippen molar-refractivity contribution in [1.82, 2.24) is 9.89 Å². The van der Waals surface area contributed by atoms with E-state index in [1.54, 1.807) is 0 Å². The molecule has 0 aromatic rings. The second-order valence-electron chi connectivity index (χ2n) is 0.189. The van der Waals surface area contributed by atoms with Gasteiger partial charge in [-0.2, -0.15) is 9.89 Å². The average Bonchev–Trinajstić information content (AvgIpc) is 1.37. The maximum atomic E-state index is 4.69. The second kappa shape index (κ2) is 8.89. The van der Waals surface area contributed by atoms with E-state index in [4.69, 9.17) is 23.6 Å². The number of hydrazine groups is 1. The van der Waals surface area contributed by atoms with Gasteiger partial charge in [-0.1, -0.05) is 0 Å². The molecule has 0 rings (SSSR count). The summed E-state index contributed by atoms with van der Waals surface area (Å²) in [6, 6.07) is 0. The normalized spacial score (nSPS) is 6.00. The standard InChI is InChI=1S/Cl2H2N2.Ni/c1-3-4-2;/h3-4H;. The fourth-order valence-electron chi connectivity index (χ4n) is 0. The van der Waals surface area contributed by atoms with Gasteiger partial charge in [0.05, 0.1) is 0 Å². The third-order valence-corrected chi connectivity index (χ3v) is 0.321. The molecular formula is H2Cl2N2Ni. The van der Waals surface area contributed by atoms with Crippen molar-refractivity contribution in [2.24, 2.45) is 0 Å². The number of hydrogen-bond acceptors (Lipinski definition) is 2. The van der Waals surface area contributed by atoms with Gasteiger partial charge in [0.2, 0.25) is 0 Å². The molecule has 0 aromatic heterocycles. The van der Waals surface area contributed by atoms with Crippen molar-refractivity contribution in [3.8, 4) is 0 Å². The maximum Gasteiger partial charge on any atom is 0 e. The van der Waals surface area contributed by atoms with Crippen molar-refractivity contribution >= 4 is 23.6 Å². The van der Waals surface area contributed by atoms with Crippen LogP contribution in [0.15, 0.2) is 0 Å². The van der Waals surface area contributed by atoms with Gasteiger partial charge in [0.15, 0.2) is 0 Å². The van der Waals surface area contributed by atoms with E-state index in [1.165, 1.54) is 0 Å². The summed E-state index contributed by atoms with van der Waals surface area (Å²) >= 11 is 9.39. The maximum absolute atomic E-state index is 4.69. The summed E-state index contributed by atoms with van der Waals surface area (Å²) in [6.45, 7) is 0. The summed E-state index contributed by atoms with van der Waals surface area (Å²) in [5.41, 5.74) is 0. The van der Waals surface area contributed by atoms with Crippen LogP contribution in [-0.2, 0) is 16.5 Å². The molecule has 0 atom stereocenters. The van der Waals surface area contributed by atoms with Crippen LogP contribution < -0.4 is 9.89 Å². The van der Waals surface area contributed by atoms with Gasteiger partial charge in [0.25, 0.3) is 0 Å². The Bertz CT molecular complexity index is 9.61. The Kier molecular flexibility index (Phi) is 16.7. The van der Waals surface area contributed by atoms with Gasteiger partial charge < -0.3 is 0 Å². The SMILES string of the molecule is ClNNCl.[Ni]. The Morgan fingerprint density at radius 1 is 1.00 bits per heavy atom. The van der Waals surface area contributed by atoms with Crippen LogP contribution in [0.5, 0.6) is 0 Å². The van der Waals surface area contributed by atoms with E-state index in [9.17, 15) is 0 Å². The predicted molar refractivity (Wildman–Crippen MR) is 18.0 cm³/mol. The predicted octanol–water partition coefficient (Wildman–Crippen LogP) is 0.386. The molecule has 36 valence electrons. The van der Waals surface area contributed by atoms with E-state index in [1.807, 2.05) is 9.89 Å². The van der Waals surface area contributed by atoms with Crippen LogP contribution in [0.4, 0.5) is 0 Å². The summed E-state index contributed by atoms with van der Waals surface area (Å²) in [6.07, 6.45) is 0. The van der Waals surface area contributed by atoms with Crippen LogP contribution in [0.25, 0.3) is 0 Å². The first-order chi connectivity index (χ1) is 1.91. The minimum atomic E-state index is 0. The van der Waals surface area contributed by atoms with Crippen molar-refractivity contribution in [2.45, 2.75) is 0 Å². The third kappa shape index (κ3) is 11.3. The Morgan fingerprint density at radius 3 is 1.20 bits per heavy atom. The molecule has 5 heavy (non-hydrogen) atoms. The Balaban J connectivity index is 0. The monoisotopic (exact) mass is 158 g/mol. The molecular weight excluding hydrogens is 158 g/mol. The van der Waals surface area contributed by atoms with Crippen LogP contribution in [0.1, 0.15) is 0 Å². The second-order valence-corrected chi connectivity index (χ2v) is 0.567. The summed E-state index contributed by atoms with van der Waals surface area (Å²) in [4.78, 5) is 3.84. The van der Waals surface area contributed by atoms with Crippen LogP contribution in [0.3, 0.4) is 0 Å². The van der Waals surface area contributed by atoms with Crippen molar-refractivity contribution < 1.29 is 16.5 Å². The number of nitrogens with one attached hydrogen (secondary N) is 2. The molecule has 0 saturated carbocycles. The zero-order valence-electron chi connectivity index (χ0n) is 2.07. The third-order valence-electron chi connectivity index (χ3n) is 0.0357. The van der Waals surface area contributed by atoms with Crippen molar-refractivity contribution in [2.75, 3.05) is 0 Å². The van der Waals surface area contributed by atoms with Gasteiger partial charge in [-0.25, -0.2) is 0 Å². The van der Waals surface area contributed by atoms with E-state index < -0.39 is 0 Å². The molecule has 0 aliphatic carbocycles. The molecule has 0 fully saturated rings. The van der Waals surface area contributed by atoms with Crippen LogP contribution in [0, 0.1) is 0 Å². The van der Waals surface area contributed by atoms with Crippen molar-refractivity contribution in [1.29, 1.82) is 0 Å². The molecule has 2 nitrogen and oxygen atoms in total. The van der Waals surface area contributed by atoms with Crippen molar-refractivity contribution in [3.05, 3.63) is 0 Å². The summed E-state index contributed by atoms with van der Waals surface area (Å²) in [5, 5.41) is 0. The molecule has 0 unspecified atom stereocenters. The topological polar surface area (TPSA) is 24.1 Å². The van der Waals surface area contributed by atoms with E-state index in [0.717, 1.165) is 0 Å². The van der Waals surface area contributed by atoms with Gasteiger partial charge in [-0.3, -0.25) is 0 Å². The zero-order chi connectivity index (χ0) is 3.41. The molecule has 0 aliphatic heterocycles. The molecule has 0 radical (unpaired) electrons. The Hall–Kier alpha value is 0.994. The first-order valence-electron chi connectivity index (χ1n) is 0.628. The quantitative estimate of drug-likeness (QED) is 0.329. The van der Waals surface area contributed by atoms with Crippen LogP contribution >= 0.6 is 23.6 Å². The molecule has 0 amide bonds. The number of rotatable bonds is 1. The van der Waals surface area contributed by atoms with E-state index >= 15 is 0 Å². The minimum Gasteiger partial charge on any atom is -0.155 e. The first-order valence-corrected chi connectivity index (χ1v) is 1.38. The van der Waals surface area contributed by atoms with Crippen LogP contribution in [0.2, 0.25) is 0 Å². The van der Waals surface area contributed by atoms with Gasteiger partial charge >= 0.3 is 0 Å². The fourth-order valence-corrected chi connectivity index (χ4v) is 0. The van der Waals surface area contributed by atoms with Gasteiger partial charge in [0.1, 0.15) is 0 Å². The molecule has 0 aliphatic rings. The first kappa shape index (κ1) is 9.37. The van der Waals surface area contributed by atoms with E-state index in [0.29, 0.717) is 0 Å². The Morgan fingerprint density at radius 2 is 1.20 bits per heavy atom. The van der Waals surface area contributed by atoms with Gasteiger partial charge in [-0.15, -0.1) is 0 Å². The largest absolute Gasteiger partial charge is 0.155 e. The molecule has 0 bridgehead atoms. The average molecular weight is 160 g/mol. The molecule has 0 saturated heterocycles. The smallest absolute Gasteiger partial charge is 0 e. The summed E-state index contributed by atoms with van der Waals surface area (Å²) in [7, 11) is 0. The number of halogens is 2. The van der Waals surface area contributed by atoms with E-state index in [2.05, 4.69) is 0 Å². The van der Waals surface area contributed by atoms with Gasteiger partial charge in [0, 0.05) is 16.5 Å². The van der Waals surface area contributed by atoms with E-state index in [-0.39, 0.29) is 16.5 Å². The molecule has 0 heterocycles. The zero-order valence-corrected chi connectivity index (χ0v) is 4.57. The van der Waals surface area contributed by atoms with Crippen molar-refractivity contribution in [3.63, 3.8) is 0 Å². The van der Waals surface area contributed by atoms with Crippen LogP contribution in [-0.4, -0.2) is 0 Å². The summed E-state index contributed by atoms with van der Waals surface area (Å²) in [5.74, 6) is 0. The molecule has 5 heteroatoms. The van der Waals surface area contributed by atoms with Gasteiger partial charge in [-0.05, 0) is 23.6 Å².